The van der Waals surface area contributed by atoms with Crippen molar-refractivity contribution in [1.82, 2.24) is 19.9 Å². The van der Waals surface area contributed by atoms with Crippen LogP contribution in [-0.2, 0) is 4.79 Å². The van der Waals surface area contributed by atoms with E-state index in [-0.39, 0.29) is 11.8 Å². The summed E-state index contributed by atoms with van der Waals surface area (Å²) in [6, 6.07) is 11.7. The van der Waals surface area contributed by atoms with Gasteiger partial charge in [0.25, 0.3) is 0 Å². The fourth-order valence-electron chi connectivity index (χ4n) is 3.80. The average molecular weight is 419 g/mol. The fourth-order valence-corrected chi connectivity index (χ4v) is 3.80. The molecule has 31 heavy (non-hydrogen) atoms. The third-order valence-electron chi connectivity index (χ3n) is 5.45. The minimum atomic E-state index is -0.0661. The van der Waals surface area contributed by atoms with Gasteiger partial charge in [-0.3, -0.25) is 10.1 Å². The molecule has 1 aliphatic rings. The summed E-state index contributed by atoms with van der Waals surface area (Å²) in [7, 11) is 1.65. The second kappa shape index (κ2) is 9.07. The lowest BCUT2D eigenvalue weighted by atomic mass is 9.96. The zero-order valence-corrected chi connectivity index (χ0v) is 18.0. The maximum Gasteiger partial charge on any atom is 0.229 e. The summed E-state index contributed by atoms with van der Waals surface area (Å²) in [6.07, 6.45) is 3.09. The molecule has 8 nitrogen and oxygen atoms in total. The summed E-state index contributed by atoms with van der Waals surface area (Å²) in [4.78, 5) is 32.3. The normalized spacial score (nSPS) is 14.4. The van der Waals surface area contributed by atoms with Crippen LogP contribution in [0.1, 0.15) is 24.2 Å². The molecule has 0 spiro atoms. The van der Waals surface area contributed by atoms with Crippen LogP contribution in [0, 0.1) is 19.8 Å². The van der Waals surface area contributed by atoms with E-state index in [9.17, 15) is 4.79 Å². The van der Waals surface area contributed by atoms with Crippen molar-refractivity contribution in [2.45, 2.75) is 26.7 Å². The molecule has 4 rings (SSSR count). The first-order valence-electron chi connectivity index (χ1n) is 10.4. The standard InChI is InChI=1S/C23H26N6O2/c1-15-12-16(2)27-23(26-15)28-22(30)18-8-10-29(11-9-18)21-13-20(24-14-25-21)17-4-6-19(31-3)7-5-17/h4-7,12-14,18H,8-11H2,1-3H3,(H,26,27,28,30). The molecule has 1 N–H and O–H groups in total. The first kappa shape index (κ1) is 20.7. The molecule has 2 aromatic heterocycles. The minimum absolute atomic E-state index is 0.0220. The summed E-state index contributed by atoms with van der Waals surface area (Å²) in [5, 5.41) is 2.87. The van der Waals surface area contributed by atoms with E-state index in [4.69, 9.17) is 4.74 Å². The molecular formula is C23H26N6O2. The molecule has 0 unspecified atom stereocenters. The Morgan fingerprint density at radius 2 is 1.71 bits per heavy atom. The molecule has 3 aromatic rings. The molecule has 0 aliphatic carbocycles. The van der Waals surface area contributed by atoms with Gasteiger partial charge in [-0.15, -0.1) is 0 Å². The minimum Gasteiger partial charge on any atom is -0.497 e. The van der Waals surface area contributed by atoms with Crippen molar-refractivity contribution >= 4 is 17.7 Å². The Labute approximate surface area is 181 Å². The second-order valence-corrected chi connectivity index (χ2v) is 7.71. The molecule has 1 amide bonds. The fraction of sp³-hybridized carbons (Fsp3) is 0.348. The van der Waals surface area contributed by atoms with Crippen LogP contribution in [0.25, 0.3) is 11.3 Å². The molecule has 1 fully saturated rings. The monoisotopic (exact) mass is 418 g/mol. The van der Waals surface area contributed by atoms with Gasteiger partial charge in [-0.05, 0) is 57.0 Å². The van der Waals surface area contributed by atoms with Gasteiger partial charge in [0, 0.05) is 42.0 Å². The number of carbonyl (C=O) groups is 1. The van der Waals surface area contributed by atoms with Gasteiger partial charge in [-0.1, -0.05) is 0 Å². The summed E-state index contributed by atoms with van der Waals surface area (Å²) in [6.45, 7) is 5.30. The number of aryl methyl sites for hydroxylation is 2. The largest absolute Gasteiger partial charge is 0.497 e. The predicted molar refractivity (Wildman–Crippen MR) is 119 cm³/mol. The van der Waals surface area contributed by atoms with Gasteiger partial charge in [0.15, 0.2) is 0 Å². The Morgan fingerprint density at radius 3 is 2.35 bits per heavy atom. The number of rotatable bonds is 5. The summed E-state index contributed by atoms with van der Waals surface area (Å²) in [5.41, 5.74) is 3.55. The van der Waals surface area contributed by atoms with E-state index in [2.05, 4.69) is 30.2 Å². The van der Waals surface area contributed by atoms with Crippen LogP contribution in [0.2, 0.25) is 0 Å². The summed E-state index contributed by atoms with van der Waals surface area (Å²) in [5.74, 6) is 1.97. The quantitative estimate of drug-likeness (QED) is 0.679. The van der Waals surface area contributed by atoms with Gasteiger partial charge < -0.3 is 9.64 Å². The first-order valence-corrected chi connectivity index (χ1v) is 10.4. The van der Waals surface area contributed by atoms with Gasteiger partial charge in [0.1, 0.15) is 17.9 Å². The molecule has 1 aromatic carbocycles. The molecule has 0 radical (unpaired) electrons. The number of amides is 1. The van der Waals surface area contributed by atoms with Crippen molar-refractivity contribution in [1.29, 1.82) is 0 Å². The number of aromatic nitrogens is 4. The van der Waals surface area contributed by atoms with E-state index >= 15 is 0 Å². The lowest BCUT2D eigenvalue weighted by molar-refractivity contribution is -0.120. The Hall–Kier alpha value is -3.55. The molecule has 3 heterocycles. The number of ether oxygens (including phenoxy) is 1. The van der Waals surface area contributed by atoms with E-state index < -0.39 is 0 Å². The van der Waals surface area contributed by atoms with Crippen molar-refractivity contribution in [3.63, 3.8) is 0 Å². The first-order chi connectivity index (χ1) is 15.0. The third kappa shape index (κ3) is 4.96. The number of hydrogen-bond donors (Lipinski definition) is 1. The van der Waals surface area contributed by atoms with Crippen molar-refractivity contribution in [3.8, 4) is 17.0 Å². The highest BCUT2D eigenvalue weighted by molar-refractivity contribution is 5.91. The number of methoxy groups -OCH3 is 1. The van der Waals surface area contributed by atoms with Crippen molar-refractivity contribution in [3.05, 3.63) is 54.1 Å². The van der Waals surface area contributed by atoms with E-state index in [1.165, 1.54) is 0 Å². The maximum absolute atomic E-state index is 12.7. The van der Waals surface area contributed by atoms with Gasteiger partial charge in [0.05, 0.1) is 12.8 Å². The van der Waals surface area contributed by atoms with Crippen molar-refractivity contribution in [2.75, 3.05) is 30.4 Å². The van der Waals surface area contributed by atoms with Gasteiger partial charge in [-0.25, -0.2) is 19.9 Å². The highest BCUT2D eigenvalue weighted by Gasteiger charge is 2.26. The molecule has 160 valence electrons. The van der Waals surface area contributed by atoms with Crippen LogP contribution in [0.4, 0.5) is 11.8 Å². The van der Waals surface area contributed by atoms with E-state index in [1.807, 2.05) is 50.2 Å². The molecule has 1 aliphatic heterocycles. The number of hydrogen-bond acceptors (Lipinski definition) is 7. The van der Waals surface area contributed by atoms with Gasteiger partial charge >= 0.3 is 0 Å². The van der Waals surface area contributed by atoms with Gasteiger partial charge in [-0.2, -0.15) is 0 Å². The van der Waals surface area contributed by atoms with Crippen LogP contribution < -0.4 is 15.0 Å². The highest BCUT2D eigenvalue weighted by Crippen LogP contribution is 2.26. The number of nitrogens with zero attached hydrogens (tertiary/aromatic N) is 5. The second-order valence-electron chi connectivity index (χ2n) is 7.71. The topological polar surface area (TPSA) is 93.1 Å². The number of nitrogens with one attached hydrogen (secondary N) is 1. The molecule has 0 saturated carbocycles. The predicted octanol–water partition coefficient (Wildman–Crippen LogP) is 3.41. The zero-order valence-electron chi connectivity index (χ0n) is 18.0. The number of anilines is 2. The smallest absolute Gasteiger partial charge is 0.229 e. The van der Waals surface area contributed by atoms with E-state index in [0.717, 1.165) is 60.1 Å². The maximum atomic E-state index is 12.7. The van der Waals surface area contributed by atoms with Crippen LogP contribution in [0.3, 0.4) is 0 Å². The van der Waals surface area contributed by atoms with Crippen LogP contribution in [0.15, 0.2) is 42.7 Å². The number of carbonyl (C=O) groups excluding carboxylic acids is 1. The van der Waals surface area contributed by atoms with E-state index in [1.54, 1.807) is 13.4 Å². The Kier molecular flexibility index (Phi) is 6.06. The lowest BCUT2D eigenvalue weighted by Crippen LogP contribution is -2.38. The Bertz CT molecular complexity index is 1040. The number of benzene rings is 1. The van der Waals surface area contributed by atoms with Crippen molar-refractivity contribution < 1.29 is 9.53 Å². The SMILES string of the molecule is COc1ccc(-c2cc(N3CCC(C(=O)Nc4nc(C)cc(C)n4)CC3)ncn2)cc1. The summed E-state index contributed by atoms with van der Waals surface area (Å²) < 4.78 is 5.22. The average Bonchev–Trinajstić information content (AvgIpc) is 2.78. The third-order valence-corrected chi connectivity index (χ3v) is 5.45. The van der Waals surface area contributed by atoms with Crippen LogP contribution in [0.5, 0.6) is 5.75 Å². The molecule has 1 saturated heterocycles. The van der Waals surface area contributed by atoms with Gasteiger partial charge in [0.2, 0.25) is 11.9 Å². The van der Waals surface area contributed by atoms with Crippen LogP contribution in [-0.4, -0.2) is 46.0 Å². The lowest BCUT2D eigenvalue weighted by Gasteiger charge is -2.32. The molecule has 8 heteroatoms. The Morgan fingerprint density at radius 1 is 1.03 bits per heavy atom. The number of piperidine rings is 1. The molecular weight excluding hydrogens is 392 g/mol. The zero-order chi connectivity index (χ0) is 21.8. The molecule has 0 atom stereocenters. The molecule has 0 bridgehead atoms. The Balaban J connectivity index is 1.38. The summed E-state index contributed by atoms with van der Waals surface area (Å²) >= 11 is 0. The van der Waals surface area contributed by atoms with Crippen LogP contribution >= 0.6 is 0 Å². The highest BCUT2D eigenvalue weighted by atomic mass is 16.5. The van der Waals surface area contributed by atoms with Crippen molar-refractivity contribution in [2.24, 2.45) is 5.92 Å². The van der Waals surface area contributed by atoms with E-state index in [0.29, 0.717) is 5.95 Å².